The van der Waals surface area contributed by atoms with Crippen LogP contribution in [-0.2, 0) is 19.7 Å². The largest absolute Gasteiger partial charge is 0.469 e. The topological polar surface area (TPSA) is 102 Å². The van der Waals surface area contributed by atoms with Crippen molar-refractivity contribution in [1.29, 1.82) is 0 Å². The third kappa shape index (κ3) is 4.69. The van der Waals surface area contributed by atoms with Gasteiger partial charge in [-0.3, -0.25) is 4.79 Å². The molecule has 0 spiro atoms. The van der Waals surface area contributed by atoms with Crippen molar-refractivity contribution in [1.82, 2.24) is 9.03 Å². The van der Waals surface area contributed by atoms with Crippen molar-refractivity contribution < 1.29 is 17.9 Å². The van der Waals surface area contributed by atoms with E-state index in [2.05, 4.69) is 9.46 Å². The summed E-state index contributed by atoms with van der Waals surface area (Å²) in [4.78, 5) is 11.4. The van der Waals surface area contributed by atoms with Gasteiger partial charge in [-0.1, -0.05) is 13.8 Å². The van der Waals surface area contributed by atoms with Gasteiger partial charge in [0.1, 0.15) is 0 Å². The van der Waals surface area contributed by atoms with Gasteiger partial charge in [-0.15, -0.1) is 0 Å². The fourth-order valence-corrected chi connectivity index (χ4v) is 3.30. The molecule has 20 heavy (non-hydrogen) atoms. The molecule has 0 aromatic heterocycles. The van der Waals surface area contributed by atoms with Crippen molar-refractivity contribution in [3.05, 3.63) is 0 Å². The molecule has 8 heteroatoms. The number of hydrogen-bond donors (Lipinski definition) is 2. The van der Waals surface area contributed by atoms with Gasteiger partial charge in [-0.2, -0.15) is 12.7 Å². The van der Waals surface area contributed by atoms with Crippen LogP contribution in [0.2, 0.25) is 0 Å². The lowest BCUT2D eigenvalue weighted by atomic mass is 9.99. The van der Waals surface area contributed by atoms with Gasteiger partial charge < -0.3 is 10.5 Å². The number of methoxy groups -OCH3 is 1. The van der Waals surface area contributed by atoms with E-state index in [4.69, 9.17) is 5.73 Å². The molecule has 0 amide bonds. The third-order valence-corrected chi connectivity index (χ3v) is 5.26. The summed E-state index contributed by atoms with van der Waals surface area (Å²) in [7, 11) is -2.17. The summed E-state index contributed by atoms with van der Waals surface area (Å²) in [5, 5.41) is 0. The van der Waals surface area contributed by atoms with Gasteiger partial charge in [0, 0.05) is 25.7 Å². The predicted molar refractivity (Wildman–Crippen MR) is 76.0 cm³/mol. The van der Waals surface area contributed by atoms with E-state index >= 15 is 0 Å². The minimum absolute atomic E-state index is 0.204. The number of nitrogens with one attached hydrogen (secondary N) is 1. The first kappa shape index (κ1) is 17.4. The van der Waals surface area contributed by atoms with E-state index in [0.29, 0.717) is 25.9 Å². The van der Waals surface area contributed by atoms with Crippen molar-refractivity contribution >= 4 is 16.2 Å². The summed E-state index contributed by atoms with van der Waals surface area (Å²) < 4.78 is 32.8. The molecule has 1 heterocycles. The number of piperidine rings is 1. The van der Waals surface area contributed by atoms with E-state index in [0.717, 1.165) is 0 Å². The smallest absolute Gasteiger partial charge is 0.308 e. The molecule has 0 bridgehead atoms. The number of carbonyl (C=O) groups is 1. The maximum atomic E-state index is 12.1. The van der Waals surface area contributed by atoms with Gasteiger partial charge in [-0.05, 0) is 18.8 Å². The molecule has 1 aliphatic heterocycles. The van der Waals surface area contributed by atoms with Crippen LogP contribution in [0.3, 0.4) is 0 Å². The maximum absolute atomic E-state index is 12.1. The van der Waals surface area contributed by atoms with Crippen LogP contribution in [0.1, 0.15) is 26.7 Å². The van der Waals surface area contributed by atoms with Crippen molar-refractivity contribution in [2.24, 2.45) is 17.6 Å². The molecule has 1 unspecified atom stereocenters. The Labute approximate surface area is 121 Å². The second-order valence-electron chi connectivity index (χ2n) is 5.46. The molecule has 1 fully saturated rings. The Kier molecular flexibility index (Phi) is 6.38. The monoisotopic (exact) mass is 307 g/mol. The second kappa shape index (κ2) is 7.35. The first-order valence-corrected chi connectivity index (χ1v) is 8.30. The summed E-state index contributed by atoms with van der Waals surface area (Å²) >= 11 is 0. The van der Waals surface area contributed by atoms with Crippen LogP contribution in [0, 0.1) is 11.8 Å². The minimum Gasteiger partial charge on any atom is -0.469 e. The van der Waals surface area contributed by atoms with E-state index in [1.54, 1.807) is 0 Å². The summed E-state index contributed by atoms with van der Waals surface area (Å²) in [5.74, 6) is -0.260. The van der Waals surface area contributed by atoms with E-state index < -0.39 is 10.2 Å². The first-order chi connectivity index (χ1) is 9.27. The summed E-state index contributed by atoms with van der Waals surface area (Å²) in [6, 6.07) is -0.211. The van der Waals surface area contributed by atoms with Crippen LogP contribution in [-0.4, -0.2) is 51.5 Å². The van der Waals surface area contributed by atoms with Crippen molar-refractivity contribution in [2.45, 2.75) is 32.7 Å². The van der Waals surface area contributed by atoms with E-state index in [-0.39, 0.29) is 30.4 Å². The molecule has 0 aromatic rings. The van der Waals surface area contributed by atoms with Crippen LogP contribution < -0.4 is 10.5 Å². The quantitative estimate of drug-likeness (QED) is 0.655. The van der Waals surface area contributed by atoms with Gasteiger partial charge in [0.2, 0.25) is 0 Å². The van der Waals surface area contributed by atoms with Crippen LogP contribution in [0.5, 0.6) is 0 Å². The average molecular weight is 307 g/mol. The number of hydrogen-bond acceptors (Lipinski definition) is 5. The molecule has 1 atom stereocenters. The predicted octanol–water partition coefficient (Wildman–Crippen LogP) is -0.311. The zero-order chi connectivity index (χ0) is 15.3. The van der Waals surface area contributed by atoms with Crippen molar-refractivity contribution in [3.63, 3.8) is 0 Å². The second-order valence-corrected chi connectivity index (χ2v) is 7.21. The van der Waals surface area contributed by atoms with Gasteiger partial charge in [-0.25, -0.2) is 4.72 Å². The number of rotatable bonds is 6. The number of ether oxygens (including phenoxy) is 1. The molecule has 0 radical (unpaired) electrons. The van der Waals surface area contributed by atoms with Gasteiger partial charge >= 0.3 is 5.97 Å². The molecular formula is C12H25N3O4S. The third-order valence-electron chi connectivity index (χ3n) is 3.69. The van der Waals surface area contributed by atoms with Crippen LogP contribution in [0.15, 0.2) is 0 Å². The van der Waals surface area contributed by atoms with Crippen molar-refractivity contribution in [3.8, 4) is 0 Å². The normalized spacial score (nSPS) is 20.1. The molecule has 0 aromatic carbocycles. The summed E-state index contributed by atoms with van der Waals surface area (Å²) in [6.07, 6.45) is 0.980. The Hall–Kier alpha value is -0.700. The summed E-state index contributed by atoms with van der Waals surface area (Å²) in [6.45, 7) is 4.76. The Bertz CT molecular complexity index is 416. The van der Waals surface area contributed by atoms with Crippen LogP contribution in [0.4, 0.5) is 0 Å². The molecule has 0 aliphatic carbocycles. The SMILES string of the molecule is COC(=O)C1CCN(S(=O)(=O)NCC(N)C(C)C)CC1. The first-order valence-electron chi connectivity index (χ1n) is 6.86. The zero-order valence-electron chi connectivity index (χ0n) is 12.3. The Balaban J connectivity index is 2.48. The molecule has 0 saturated carbocycles. The lowest BCUT2D eigenvalue weighted by Gasteiger charge is -2.30. The van der Waals surface area contributed by atoms with Gasteiger partial charge in [0.05, 0.1) is 13.0 Å². The molecular weight excluding hydrogens is 282 g/mol. The molecule has 1 rings (SSSR count). The van der Waals surface area contributed by atoms with E-state index in [1.165, 1.54) is 11.4 Å². The van der Waals surface area contributed by atoms with Crippen LogP contribution >= 0.6 is 0 Å². The number of nitrogens with two attached hydrogens (primary N) is 1. The molecule has 3 N–H and O–H groups in total. The Morgan fingerprint density at radius 3 is 2.40 bits per heavy atom. The highest BCUT2D eigenvalue weighted by Gasteiger charge is 2.31. The van der Waals surface area contributed by atoms with E-state index in [1.807, 2.05) is 13.8 Å². The van der Waals surface area contributed by atoms with E-state index in [9.17, 15) is 13.2 Å². The number of nitrogens with zero attached hydrogens (tertiary/aromatic N) is 1. The number of carbonyl (C=O) groups excluding carboxylic acids is 1. The Morgan fingerprint density at radius 1 is 1.40 bits per heavy atom. The fraction of sp³-hybridized carbons (Fsp3) is 0.917. The van der Waals surface area contributed by atoms with Crippen LogP contribution in [0.25, 0.3) is 0 Å². The Morgan fingerprint density at radius 2 is 1.95 bits per heavy atom. The lowest BCUT2D eigenvalue weighted by molar-refractivity contribution is -0.146. The standard InChI is InChI=1S/C12H25N3O4S/c1-9(2)11(13)8-14-20(17,18)15-6-4-10(5-7-15)12(16)19-3/h9-11,14H,4-8,13H2,1-3H3. The molecule has 118 valence electrons. The fourth-order valence-electron chi connectivity index (χ4n) is 2.03. The zero-order valence-corrected chi connectivity index (χ0v) is 13.1. The molecule has 7 nitrogen and oxygen atoms in total. The van der Waals surface area contributed by atoms with Gasteiger partial charge in [0.15, 0.2) is 0 Å². The minimum atomic E-state index is -3.52. The highest BCUT2D eigenvalue weighted by atomic mass is 32.2. The van der Waals surface area contributed by atoms with Crippen molar-refractivity contribution in [2.75, 3.05) is 26.7 Å². The summed E-state index contributed by atoms with van der Waals surface area (Å²) in [5.41, 5.74) is 5.83. The highest BCUT2D eigenvalue weighted by Crippen LogP contribution is 2.20. The van der Waals surface area contributed by atoms with Gasteiger partial charge in [0.25, 0.3) is 10.2 Å². The average Bonchev–Trinajstić information content (AvgIpc) is 2.44. The maximum Gasteiger partial charge on any atom is 0.308 e. The number of esters is 1. The highest BCUT2D eigenvalue weighted by molar-refractivity contribution is 7.87. The molecule has 1 saturated heterocycles. The lowest BCUT2D eigenvalue weighted by Crippen LogP contribution is -2.49. The molecule has 1 aliphatic rings.